The van der Waals surface area contributed by atoms with Crippen LogP contribution < -0.4 is 9.47 Å². The Bertz CT molecular complexity index is 459. The SMILES string of the molecule is CC(Cc1cc(F)c2c(c1)OCCCO2)C(=O)O. The van der Waals surface area contributed by atoms with Gasteiger partial charge in [-0.25, -0.2) is 4.39 Å². The molecule has 5 heteroatoms. The summed E-state index contributed by atoms with van der Waals surface area (Å²) >= 11 is 0. The third kappa shape index (κ3) is 2.72. The van der Waals surface area contributed by atoms with Crippen molar-refractivity contribution in [2.75, 3.05) is 13.2 Å². The highest BCUT2D eigenvalue weighted by molar-refractivity contribution is 5.70. The highest BCUT2D eigenvalue weighted by atomic mass is 19.1. The molecule has 1 aliphatic heterocycles. The maximum absolute atomic E-state index is 13.8. The first kappa shape index (κ1) is 12.7. The van der Waals surface area contributed by atoms with E-state index in [0.29, 0.717) is 30.9 Å². The molecule has 1 atom stereocenters. The second-order valence-corrected chi connectivity index (χ2v) is 4.40. The van der Waals surface area contributed by atoms with E-state index in [9.17, 15) is 9.18 Å². The number of carbonyl (C=O) groups is 1. The molecule has 1 N–H and O–H groups in total. The summed E-state index contributed by atoms with van der Waals surface area (Å²) in [5.74, 6) is -1.47. The molecule has 0 amide bonds. The Morgan fingerprint density at radius 1 is 1.44 bits per heavy atom. The number of hydrogen-bond donors (Lipinski definition) is 1. The van der Waals surface area contributed by atoms with Crippen molar-refractivity contribution >= 4 is 5.97 Å². The second-order valence-electron chi connectivity index (χ2n) is 4.40. The van der Waals surface area contributed by atoms with Crippen molar-refractivity contribution in [3.05, 3.63) is 23.5 Å². The number of carboxylic acid groups (broad SMARTS) is 1. The van der Waals surface area contributed by atoms with Crippen LogP contribution in [0.3, 0.4) is 0 Å². The normalized spacial score (nSPS) is 15.9. The molecule has 1 aliphatic rings. The minimum atomic E-state index is -0.900. The molecule has 2 rings (SSSR count). The topological polar surface area (TPSA) is 55.8 Å². The first-order chi connectivity index (χ1) is 8.58. The van der Waals surface area contributed by atoms with Crippen LogP contribution in [0.2, 0.25) is 0 Å². The van der Waals surface area contributed by atoms with E-state index >= 15 is 0 Å². The van der Waals surface area contributed by atoms with E-state index < -0.39 is 17.7 Å². The predicted octanol–water partition coefficient (Wildman–Crippen LogP) is 2.25. The van der Waals surface area contributed by atoms with Crippen LogP contribution in [-0.2, 0) is 11.2 Å². The van der Waals surface area contributed by atoms with Gasteiger partial charge in [-0.1, -0.05) is 6.92 Å². The quantitative estimate of drug-likeness (QED) is 0.898. The molecule has 0 spiro atoms. The lowest BCUT2D eigenvalue weighted by Crippen LogP contribution is -2.12. The van der Waals surface area contributed by atoms with Gasteiger partial charge in [-0.2, -0.15) is 0 Å². The molecule has 1 aromatic rings. The third-order valence-electron chi connectivity index (χ3n) is 2.83. The highest BCUT2D eigenvalue weighted by Crippen LogP contribution is 2.34. The fraction of sp³-hybridized carbons (Fsp3) is 0.462. The summed E-state index contributed by atoms with van der Waals surface area (Å²) in [4.78, 5) is 10.8. The van der Waals surface area contributed by atoms with Crippen LogP contribution in [-0.4, -0.2) is 24.3 Å². The molecule has 1 heterocycles. The summed E-state index contributed by atoms with van der Waals surface area (Å²) in [6, 6.07) is 2.97. The lowest BCUT2D eigenvalue weighted by atomic mass is 10.0. The lowest BCUT2D eigenvalue weighted by molar-refractivity contribution is -0.141. The molecule has 0 saturated heterocycles. The number of hydrogen-bond acceptors (Lipinski definition) is 3. The molecular weight excluding hydrogens is 239 g/mol. The van der Waals surface area contributed by atoms with E-state index in [1.54, 1.807) is 13.0 Å². The van der Waals surface area contributed by atoms with Gasteiger partial charge in [0.2, 0.25) is 0 Å². The molecule has 0 aliphatic carbocycles. The molecule has 0 fully saturated rings. The zero-order valence-corrected chi connectivity index (χ0v) is 10.1. The van der Waals surface area contributed by atoms with Gasteiger partial charge in [0.1, 0.15) is 0 Å². The number of rotatable bonds is 3. The molecule has 4 nitrogen and oxygen atoms in total. The largest absolute Gasteiger partial charge is 0.489 e. The molecule has 98 valence electrons. The van der Waals surface area contributed by atoms with Crippen LogP contribution in [0.15, 0.2) is 12.1 Å². The van der Waals surface area contributed by atoms with Crippen LogP contribution in [0.1, 0.15) is 18.9 Å². The first-order valence-corrected chi connectivity index (χ1v) is 5.88. The summed E-state index contributed by atoms with van der Waals surface area (Å²) in [5.41, 5.74) is 0.603. The van der Waals surface area contributed by atoms with Gasteiger partial charge in [-0.15, -0.1) is 0 Å². The summed E-state index contributed by atoms with van der Waals surface area (Å²) in [6.07, 6.45) is 0.970. The number of aliphatic carboxylic acids is 1. The van der Waals surface area contributed by atoms with Crippen molar-refractivity contribution in [3.8, 4) is 11.5 Å². The highest BCUT2D eigenvalue weighted by Gasteiger charge is 2.19. The van der Waals surface area contributed by atoms with Gasteiger partial charge in [0.25, 0.3) is 0 Å². The molecule has 0 saturated carbocycles. The fourth-order valence-corrected chi connectivity index (χ4v) is 1.84. The van der Waals surface area contributed by atoms with E-state index in [0.717, 1.165) is 0 Å². The Hall–Kier alpha value is -1.78. The maximum atomic E-state index is 13.8. The van der Waals surface area contributed by atoms with E-state index in [-0.39, 0.29) is 12.2 Å². The zero-order valence-electron chi connectivity index (χ0n) is 10.1. The summed E-state index contributed by atoms with van der Waals surface area (Å²) < 4.78 is 24.5. The van der Waals surface area contributed by atoms with Crippen molar-refractivity contribution in [2.24, 2.45) is 5.92 Å². The summed E-state index contributed by atoms with van der Waals surface area (Å²) in [5, 5.41) is 8.85. The molecule has 18 heavy (non-hydrogen) atoms. The summed E-state index contributed by atoms with van der Waals surface area (Å²) in [7, 11) is 0. The molecule has 0 aromatic heterocycles. The standard InChI is InChI=1S/C13H15FO4/c1-8(13(15)16)5-9-6-10(14)12-11(7-9)17-3-2-4-18-12/h6-8H,2-5H2,1H3,(H,15,16). The van der Waals surface area contributed by atoms with Gasteiger partial charge in [0.05, 0.1) is 19.1 Å². The minimum Gasteiger partial charge on any atom is -0.489 e. The Morgan fingerprint density at radius 2 is 2.17 bits per heavy atom. The molecule has 0 radical (unpaired) electrons. The van der Waals surface area contributed by atoms with E-state index in [1.807, 2.05) is 0 Å². The Kier molecular flexibility index (Phi) is 3.69. The average Bonchev–Trinajstić information content (AvgIpc) is 2.54. The molecular formula is C13H15FO4. The Labute approximate surface area is 104 Å². The predicted molar refractivity (Wildman–Crippen MR) is 62.5 cm³/mol. The molecule has 1 aromatic carbocycles. The number of halogens is 1. The second kappa shape index (κ2) is 5.25. The van der Waals surface area contributed by atoms with Crippen LogP contribution in [0.4, 0.5) is 4.39 Å². The zero-order chi connectivity index (χ0) is 13.1. The van der Waals surface area contributed by atoms with Gasteiger partial charge in [-0.3, -0.25) is 4.79 Å². The van der Waals surface area contributed by atoms with Crippen LogP contribution >= 0.6 is 0 Å². The fourth-order valence-electron chi connectivity index (χ4n) is 1.84. The van der Waals surface area contributed by atoms with E-state index in [2.05, 4.69) is 0 Å². The molecule has 1 unspecified atom stereocenters. The molecule has 0 bridgehead atoms. The lowest BCUT2D eigenvalue weighted by Gasteiger charge is -2.12. The minimum absolute atomic E-state index is 0.124. The van der Waals surface area contributed by atoms with E-state index in [4.69, 9.17) is 14.6 Å². The van der Waals surface area contributed by atoms with Crippen molar-refractivity contribution in [1.29, 1.82) is 0 Å². The van der Waals surface area contributed by atoms with Crippen molar-refractivity contribution in [3.63, 3.8) is 0 Å². The first-order valence-electron chi connectivity index (χ1n) is 5.88. The van der Waals surface area contributed by atoms with Gasteiger partial charge in [0.15, 0.2) is 17.3 Å². The summed E-state index contributed by atoms with van der Waals surface area (Å²) in [6.45, 7) is 2.49. The smallest absolute Gasteiger partial charge is 0.306 e. The number of fused-ring (bicyclic) bond motifs is 1. The Morgan fingerprint density at radius 3 is 2.89 bits per heavy atom. The van der Waals surface area contributed by atoms with Gasteiger partial charge in [-0.05, 0) is 24.1 Å². The van der Waals surface area contributed by atoms with Crippen LogP contribution in [0, 0.1) is 11.7 Å². The maximum Gasteiger partial charge on any atom is 0.306 e. The number of benzene rings is 1. The monoisotopic (exact) mass is 254 g/mol. The van der Waals surface area contributed by atoms with Crippen LogP contribution in [0.25, 0.3) is 0 Å². The van der Waals surface area contributed by atoms with Crippen molar-refractivity contribution < 1.29 is 23.8 Å². The van der Waals surface area contributed by atoms with Crippen molar-refractivity contribution in [1.82, 2.24) is 0 Å². The van der Waals surface area contributed by atoms with Gasteiger partial charge < -0.3 is 14.6 Å². The van der Waals surface area contributed by atoms with E-state index in [1.165, 1.54) is 6.07 Å². The van der Waals surface area contributed by atoms with Gasteiger partial charge in [0, 0.05) is 6.42 Å². The van der Waals surface area contributed by atoms with Crippen LogP contribution in [0.5, 0.6) is 11.5 Å². The van der Waals surface area contributed by atoms with Crippen molar-refractivity contribution in [2.45, 2.75) is 19.8 Å². The number of carboxylic acids is 1. The average molecular weight is 254 g/mol. The number of ether oxygens (including phenoxy) is 2. The third-order valence-corrected chi connectivity index (χ3v) is 2.83. The van der Waals surface area contributed by atoms with Gasteiger partial charge >= 0.3 is 5.97 Å². The Balaban J connectivity index is 2.26.